The molecule has 1 atom stereocenters. The van der Waals surface area contributed by atoms with E-state index in [1.807, 2.05) is 0 Å². The van der Waals surface area contributed by atoms with Crippen molar-refractivity contribution in [3.05, 3.63) is 36.3 Å². The highest BCUT2D eigenvalue weighted by Gasteiger charge is 2.41. The monoisotopic (exact) mass is 296 g/mol. The predicted octanol–water partition coefficient (Wildman–Crippen LogP) is 4.07. The molecule has 1 unspecified atom stereocenters. The number of methoxy groups -OCH3 is 1. The minimum atomic E-state index is -2.07. The average molecular weight is 296 g/mol. The van der Waals surface area contributed by atoms with Gasteiger partial charge in [0.1, 0.15) is 11.9 Å². The first-order valence-corrected chi connectivity index (χ1v) is 9.49. The van der Waals surface area contributed by atoms with Crippen LogP contribution in [-0.2, 0) is 14.0 Å². The zero-order valence-corrected chi connectivity index (χ0v) is 14.1. The summed E-state index contributed by atoms with van der Waals surface area (Å²) in [6.45, 7) is 14.5. The van der Waals surface area contributed by atoms with Gasteiger partial charge in [-0.05, 0) is 30.3 Å². The highest BCUT2D eigenvalue weighted by atomic mass is 28.4. The molecule has 0 fully saturated rings. The molecular formula is C15H24O4Si. The molecule has 0 spiro atoms. The molecule has 0 bridgehead atoms. The number of hydrogen-bond donors (Lipinski definition) is 0. The fraction of sp³-hybridized carbons (Fsp3) is 0.533. The maximum atomic E-state index is 11.8. The van der Waals surface area contributed by atoms with E-state index in [2.05, 4.69) is 40.4 Å². The predicted molar refractivity (Wildman–Crippen MR) is 80.9 cm³/mol. The van der Waals surface area contributed by atoms with E-state index in [4.69, 9.17) is 13.6 Å². The molecule has 1 aromatic rings. The Morgan fingerprint density at radius 1 is 1.40 bits per heavy atom. The van der Waals surface area contributed by atoms with Crippen molar-refractivity contribution in [2.45, 2.75) is 45.0 Å². The summed E-state index contributed by atoms with van der Waals surface area (Å²) in [7, 11) is -0.742. The van der Waals surface area contributed by atoms with Crippen LogP contribution in [0.5, 0.6) is 0 Å². The Kier molecular flexibility index (Phi) is 4.99. The van der Waals surface area contributed by atoms with Crippen molar-refractivity contribution >= 4 is 14.3 Å². The van der Waals surface area contributed by atoms with Crippen molar-refractivity contribution in [1.29, 1.82) is 0 Å². The third kappa shape index (κ3) is 3.61. The SMILES string of the molecule is C=C(C(=O)OC)C(O[Si](C)(C)C(C)(C)C)c1ccco1. The van der Waals surface area contributed by atoms with Crippen molar-refractivity contribution in [3.63, 3.8) is 0 Å². The van der Waals surface area contributed by atoms with E-state index in [0.29, 0.717) is 5.76 Å². The summed E-state index contributed by atoms with van der Waals surface area (Å²) in [4.78, 5) is 11.8. The first-order chi connectivity index (χ1) is 9.10. The van der Waals surface area contributed by atoms with E-state index in [1.165, 1.54) is 7.11 Å². The normalized spacial score (nSPS) is 13.9. The van der Waals surface area contributed by atoms with Crippen LogP contribution in [0, 0.1) is 0 Å². The molecule has 1 heterocycles. The topological polar surface area (TPSA) is 48.7 Å². The number of hydrogen-bond acceptors (Lipinski definition) is 4. The van der Waals surface area contributed by atoms with Crippen molar-refractivity contribution in [3.8, 4) is 0 Å². The van der Waals surface area contributed by atoms with Gasteiger partial charge in [0.2, 0.25) is 0 Å². The molecule has 0 aliphatic heterocycles. The molecule has 0 N–H and O–H groups in total. The molecule has 20 heavy (non-hydrogen) atoms. The lowest BCUT2D eigenvalue weighted by Crippen LogP contribution is -2.42. The second kappa shape index (κ2) is 5.97. The summed E-state index contributed by atoms with van der Waals surface area (Å²) in [6, 6.07) is 3.55. The minimum absolute atomic E-state index is 0.0221. The van der Waals surface area contributed by atoms with Gasteiger partial charge in [-0.1, -0.05) is 27.4 Å². The highest BCUT2D eigenvalue weighted by molar-refractivity contribution is 6.74. The number of esters is 1. The highest BCUT2D eigenvalue weighted by Crippen LogP contribution is 2.41. The molecule has 112 valence electrons. The first kappa shape index (κ1) is 16.7. The Bertz CT molecular complexity index is 469. The van der Waals surface area contributed by atoms with Gasteiger partial charge in [-0.15, -0.1) is 0 Å². The van der Waals surface area contributed by atoms with Gasteiger partial charge in [-0.2, -0.15) is 0 Å². The molecule has 5 heteroatoms. The van der Waals surface area contributed by atoms with Crippen LogP contribution in [0.25, 0.3) is 0 Å². The molecule has 0 aliphatic carbocycles. The summed E-state index contributed by atoms with van der Waals surface area (Å²) < 4.78 is 16.4. The maximum absolute atomic E-state index is 11.8. The zero-order valence-electron chi connectivity index (χ0n) is 13.1. The van der Waals surface area contributed by atoms with E-state index in [-0.39, 0.29) is 10.6 Å². The molecule has 0 aliphatic rings. The van der Waals surface area contributed by atoms with Crippen molar-refractivity contribution in [1.82, 2.24) is 0 Å². The molecule has 0 radical (unpaired) electrons. The number of furan rings is 1. The van der Waals surface area contributed by atoms with Gasteiger partial charge in [0.25, 0.3) is 0 Å². The van der Waals surface area contributed by atoms with Crippen LogP contribution in [0.2, 0.25) is 18.1 Å². The van der Waals surface area contributed by atoms with E-state index in [1.54, 1.807) is 18.4 Å². The third-order valence-corrected chi connectivity index (χ3v) is 8.22. The Hall–Kier alpha value is -1.33. The van der Waals surface area contributed by atoms with Gasteiger partial charge in [0.15, 0.2) is 8.32 Å². The first-order valence-electron chi connectivity index (χ1n) is 6.58. The minimum Gasteiger partial charge on any atom is -0.466 e. The quantitative estimate of drug-likeness (QED) is 0.467. The smallest absolute Gasteiger partial charge is 0.336 e. The molecule has 1 aromatic heterocycles. The van der Waals surface area contributed by atoms with Crippen LogP contribution in [0.1, 0.15) is 32.6 Å². The van der Waals surface area contributed by atoms with Crippen LogP contribution in [0.15, 0.2) is 35.0 Å². The number of carbonyl (C=O) groups excluding carboxylic acids is 1. The van der Waals surface area contributed by atoms with Crippen LogP contribution in [0.4, 0.5) is 0 Å². The lowest BCUT2D eigenvalue weighted by atomic mass is 10.1. The van der Waals surface area contributed by atoms with Crippen LogP contribution in [-0.4, -0.2) is 21.4 Å². The Balaban J connectivity index is 3.08. The van der Waals surface area contributed by atoms with Crippen molar-refractivity contribution < 1.29 is 18.4 Å². The van der Waals surface area contributed by atoms with Gasteiger partial charge in [-0.3, -0.25) is 0 Å². The second-order valence-corrected chi connectivity index (χ2v) is 11.0. The lowest BCUT2D eigenvalue weighted by Gasteiger charge is -2.38. The number of rotatable bonds is 5. The van der Waals surface area contributed by atoms with Crippen LogP contribution >= 0.6 is 0 Å². The van der Waals surface area contributed by atoms with Gasteiger partial charge in [-0.25, -0.2) is 4.79 Å². The van der Waals surface area contributed by atoms with E-state index < -0.39 is 20.4 Å². The average Bonchev–Trinajstić information content (AvgIpc) is 2.86. The number of carbonyl (C=O) groups is 1. The Morgan fingerprint density at radius 2 is 2.00 bits per heavy atom. The van der Waals surface area contributed by atoms with Crippen molar-refractivity contribution in [2.24, 2.45) is 0 Å². The standard InChI is InChI=1S/C15H24O4Si/c1-11(14(16)17-5)13(12-9-8-10-18-12)19-20(6,7)15(2,3)4/h8-10,13H,1H2,2-7H3. The summed E-state index contributed by atoms with van der Waals surface area (Å²) >= 11 is 0. The second-order valence-electron chi connectivity index (χ2n) is 6.29. The zero-order chi connectivity index (χ0) is 15.6. The molecule has 1 rings (SSSR count). The molecular weight excluding hydrogens is 272 g/mol. The molecule has 0 saturated carbocycles. The van der Waals surface area contributed by atoms with E-state index in [0.717, 1.165) is 0 Å². The maximum Gasteiger partial charge on any atom is 0.336 e. The molecule has 0 amide bonds. The van der Waals surface area contributed by atoms with Gasteiger partial charge >= 0.3 is 5.97 Å². The summed E-state index contributed by atoms with van der Waals surface area (Å²) in [5, 5.41) is 0.0221. The molecule has 0 saturated heterocycles. The van der Waals surface area contributed by atoms with Gasteiger partial charge in [0, 0.05) is 0 Å². The van der Waals surface area contributed by atoms with E-state index in [9.17, 15) is 4.79 Å². The lowest BCUT2D eigenvalue weighted by molar-refractivity contribution is -0.137. The summed E-state index contributed by atoms with van der Waals surface area (Å²) in [5.74, 6) is 0.0929. The Morgan fingerprint density at radius 3 is 2.40 bits per heavy atom. The van der Waals surface area contributed by atoms with Gasteiger partial charge < -0.3 is 13.6 Å². The van der Waals surface area contributed by atoms with Crippen LogP contribution < -0.4 is 0 Å². The largest absolute Gasteiger partial charge is 0.466 e. The van der Waals surface area contributed by atoms with E-state index >= 15 is 0 Å². The fourth-order valence-electron chi connectivity index (χ4n) is 1.45. The fourth-order valence-corrected chi connectivity index (χ4v) is 2.65. The molecule has 4 nitrogen and oxygen atoms in total. The molecule has 0 aromatic carbocycles. The Labute approximate surface area is 121 Å². The summed E-state index contributed by atoms with van der Waals surface area (Å²) in [6.07, 6.45) is 0.959. The van der Waals surface area contributed by atoms with Crippen molar-refractivity contribution in [2.75, 3.05) is 7.11 Å². The van der Waals surface area contributed by atoms with Crippen LogP contribution in [0.3, 0.4) is 0 Å². The summed E-state index contributed by atoms with van der Waals surface area (Å²) in [5.41, 5.74) is 0.257. The van der Waals surface area contributed by atoms with Gasteiger partial charge in [0.05, 0.1) is 18.9 Å². The third-order valence-electron chi connectivity index (χ3n) is 3.78. The number of ether oxygens (including phenoxy) is 1.